The maximum Gasteiger partial charge on any atom is 0.313 e. The molecule has 3 N–H and O–H groups in total. The highest BCUT2D eigenvalue weighted by atomic mass is 32.2. The van der Waals surface area contributed by atoms with Crippen molar-refractivity contribution >= 4 is 41.4 Å². The third kappa shape index (κ3) is 6.36. The van der Waals surface area contributed by atoms with Gasteiger partial charge >= 0.3 is 5.97 Å². The van der Waals surface area contributed by atoms with Gasteiger partial charge in [0.1, 0.15) is 12.1 Å². The van der Waals surface area contributed by atoms with Gasteiger partial charge in [0.2, 0.25) is 23.6 Å². The van der Waals surface area contributed by atoms with E-state index in [1.165, 1.54) is 4.90 Å². The first-order chi connectivity index (χ1) is 15.4. The quantitative estimate of drug-likeness (QED) is 0.471. The van der Waals surface area contributed by atoms with E-state index in [0.29, 0.717) is 19.5 Å². The number of amides is 4. The molecule has 10 nitrogen and oxygen atoms in total. The summed E-state index contributed by atoms with van der Waals surface area (Å²) in [7, 11) is 0. The van der Waals surface area contributed by atoms with Crippen molar-refractivity contribution < 1.29 is 29.1 Å². The smallest absolute Gasteiger partial charge is 0.313 e. The third-order valence-corrected chi connectivity index (χ3v) is 7.22. The van der Waals surface area contributed by atoms with Crippen molar-refractivity contribution in [3.8, 4) is 0 Å². The van der Waals surface area contributed by atoms with Crippen molar-refractivity contribution in [3.05, 3.63) is 0 Å². The molecule has 178 valence electrons. The number of aliphatic carboxylic acids is 1. The average molecular weight is 469 g/mol. The Morgan fingerprint density at radius 2 is 1.78 bits per heavy atom. The first-order valence-corrected chi connectivity index (χ1v) is 12.5. The number of piperazine rings is 1. The number of thioether (sulfide) groups is 1. The first kappa shape index (κ1) is 24.3. The molecule has 11 heteroatoms. The average Bonchev–Trinajstić information content (AvgIpc) is 2.80. The van der Waals surface area contributed by atoms with Crippen molar-refractivity contribution in [3.63, 3.8) is 0 Å². The second-order valence-corrected chi connectivity index (χ2v) is 9.59. The van der Waals surface area contributed by atoms with Crippen LogP contribution in [0, 0.1) is 5.92 Å². The van der Waals surface area contributed by atoms with Gasteiger partial charge in [-0.05, 0) is 25.7 Å². The van der Waals surface area contributed by atoms with Crippen LogP contribution >= 0.6 is 11.8 Å². The Bertz CT molecular complexity index is 742. The number of hydrogen-bond donors (Lipinski definition) is 3. The zero-order chi connectivity index (χ0) is 23.1. The molecule has 0 bridgehead atoms. The number of carbonyl (C=O) groups is 5. The number of rotatable bonds is 7. The normalized spacial score (nSPS) is 24.6. The molecular formula is C21H32N4O6S. The number of piperidine rings is 1. The summed E-state index contributed by atoms with van der Waals surface area (Å²) >= 11 is 0.976. The molecule has 3 rings (SSSR count). The van der Waals surface area contributed by atoms with E-state index in [1.54, 1.807) is 4.90 Å². The highest BCUT2D eigenvalue weighted by Gasteiger charge is 2.39. The SMILES string of the molecule is O=C(O)CSCC(=O)N1CCN(C(=O)C2CCCCC2)CC1C(=O)NC1CCCNC1=O. The summed E-state index contributed by atoms with van der Waals surface area (Å²) in [6, 6.07) is -1.55. The molecule has 0 spiro atoms. The summed E-state index contributed by atoms with van der Waals surface area (Å²) < 4.78 is 0. The van der Waals surface area contributed by atoms with Gasteiger partial charge in [-0.2, -0.15) is 0 Å². The Labute approximate surface area is 191 Å². The van der Waals surface area contributed by atoms with Crippen molar-refractivity contribution in [2.24, 2.45) is 5.92 Å². The maximum atomic E-state index is 13.1. The van der Waals surface area contributed by atoms with Crippen LogP contribution < -0.4 is 10.6 Å². The van der Waals surface area contributed by atoms with Crippen LogP contribution in [0.1, 0.15) is 44.9 Å². The molecule has 0 radical (unpaired) electrons. The standard InChI is InChI=1S/C21H32N4O6S/c26-17(12-32-13-18(27)28)25-10-9-24(21(31)14-5-2-1-3-6-14)11-16(25)20(30)23-15-7-4-8-22-19(15)29/h14-16H,1-13H2,(H,22,29)(H,23,30)(H,27,28). The summed E-state index contributed by atoms with van der Waals surface area (Å²) in [6.07, 6.45) is 6.16. The van der Waals surface area contributed by atoms with E-state index < -0.39 is 24.0 Å². The topological polar surface area (TPSA) is 136 Å². The van der Waals surface area contributed by atoms with Crippen molar-refractivity contribution in [2.45, 2.75) is 57.0 Å². The van der Waals surface area contributed by atoms with Crippen molar-refractivity contribution in [2.75, 3.05) is 37.7 Å². The predicted molar refractivity (Wildman–Crippen MR) is 118 cm³/mol. The van der Waals surface area contributed by atoms with Crippen LogP contribution in [0.3, 0.4) is 0 Å². The van der Waals surface area contributed by atoms with Gasteiger partial charge in [-0.25, -0.2) is 0 Å². The Balaban J connectivity index is 1.68. The van der Waals surface area contributed by atoms with Gasteiger partial charge in [0.15, 0.2) is 0 Å². The van der Waals surface area contributed by atoms with E-state index >= 15 is 0 Å². The maximum absolute atomic E-state index is 13.1. The van der Waals surface area contributed by atoms with Crippen LogP contribution in [-0.4, -0.2) is 94.3 Å². The van der Waals surface area contributed by atoms with Crippen LogP contribution in [-0.2, 0) is 24.0 Å². The fourth-order valence-corrected chi connectivity index (χ4v) is 5.22. The molecule has 0 aromatic heterocycles. The van der Waals surface area contributed by atoms with Gasteiger partial charge in [0.25, 0.3) is 0 Å². The van der Waals surface area contributed by atoms with E-state index in [1.807, 2.05) is 0 Å². The van der Waals surface area contributed by atoms with Crippen LogP contribution in [0.4, 0.5) is 0 Å². The largest absolute Gasteiger partial charge is 0.481 e. The molecule has 2 atom stereocenters. The van der Waals surface area contributed by atoms with Crippen LogP contribution in [0.25, 0.3) is 0 Å². The Kier molecular flexibility index (Phi) is 8.77. The van der Waals surface area contributed by atoms with Gasteiger partial charge < -0.3 is 25.5 Å². The Morgan fingerprint density at radius 1 is 1.03 bits per heavy atom. The van der Waals surface area contributed by atoms with Gasteiger partial charge in [-0.15, -0.1) is 11.8 Å². The zero-order valence-corrected chi connectivity index (χ0v) is 19.0. The van der Waals surface area contributed by atoms with E-state index in [4.69, 9.17) is 5.11 Å². The molecular weight excluding hydrogens is 436 g/mol. The lowest BCUT2D eigenvalue weighted by Gasteiger charge is -2.42. The summed E-state index contributed by atoms with van der Waals surface area (Å²) in [5.74, 6) is -2.32. The molecule has 0 aromatic carbocycles. The molecule has 0 aromatic rings. The zero-order valence-electron chi connectivity index (χ0n) is 18.2. The number of hydrogen-bond acceptors (Lipinski definition) is 6. The van der Waals surface area contributed by atoms with E-state index in [0.717, 1.165) is 50.3 Å². The van der Waals surface area contributed by atoms with E-state index in [9.17, 15) is 24.0 Å². The lowest BCUT2D eigenvalue weighted by Crippen LogP contribution is -2.64. The summed E-state index contributed by atoms with van der Waals surface area (Å²) in [4.78, 5) is 64.9. The molecule has 3 aliphatic rings. The number of carboxylic acid groups (broad SMARTS) is 1. The molecule has 32 heavy (non-hydrogen) atoms. The molecule has 3 fully saturated rings. The number of carbonyl (C=O) groups excluding carboxylic acids is 4. The highest BCUT2D eigenvalue weighted by Crippen LogP contribution is 2.26. The Hall–Kier alpha value is -2.30. The fourth-order valence-electron chi connectivity index (χ4n) is 4.60. The first-order valence-electron chi connectivity index (χ1n) is 11.3. The molecule has 2 saturated heterocycles. The third-order valence-electron chi connectivity index (χ3n) is 6.32. The molecule has 1 saturated carbocycles. The van der Waals surface area contributed by atoms with Crippen LogP contribution in [0.5, 0.6) is 0 Å². The fraction of sp³-hybridized carbons (Fsp3) is 0.762. The molecule has 2 aliphatic heterocycles. The molecule has 2 heterocycles. The van der Waals surface area contributed by atoms with Crippen molar-refractivity contribution in [1.82, 2.24) is 20.4 Å². The van der Waals surface area contributed by atoms with E-state index in [-0.39, 0.29) is 48.2 Å². The second kappa shape index (κ2) is 11.5. The lowest BCUT2D eigenvalue weighted by molar-refractivity contribution is -0.150. The number of nitrogens with one attached hydrogen (secondary N) is 2. The summed E-state index contributed by atoms with van der Waals surface area (Å²) in [6.45, 7) is 1.22. The van der Waals surface area contributed by atoms with Gasteiger partial charge in [0.05, 0.1) is 18.1 Å². The summed E-state index contributed by atoms with van der Waals surface area (Å²) in [5.41, 5.74) is 0. The Morgan fingerprint density at radius 3 is 2.47 bits per heavy atom. The molecule has 4 amide bonds. The monoisotopic (exact) mass is 468 g/mol. The second-order valence-electron chi connectivity index (χ2n) is 8.60. The highest BCUT2D eigenvalue weighted by molar-refractivity contribution is 8.00. The van der Waals surface area contributed by atoms with Gasteiger partial charge in [0, 0.05) is 25.6 Å². The summed E-state index contributed by atoms with van der Waals surface area (Å²) in [5, 5.41) is 14.3. The molecule has 2 unspecified atom stereocenters. The minimum absolute atomic E-state index is 0.0326. The predicted octanol–water partition coefficient (Wildman–Crippen LogP) is -0.181. The van der Waals surface area contributed by atoms with Gasteiger partial charge in [-0.1, -0.05) is 19.3 Å². The van der Waals surface area contributed by atoms with Crippen LogP contribution in [0.2, 0.25) is 0 Å². The minimum Gasteiger partial charge on any atom is -0.481 e. The lowest BCUT2D eigenvalue weighted by atomic mass is 9.88. The van der Waals surface area contributed by atoms with E-state index in [2.05, 4.69) is 10.6 Å². The number of carboxylic acids is 1. The number of nitrogens with zero attached hydrogens (tertiary/aromatic N) is 2. The van der Waals surface area contributed by atoms with Crippen molar-refractivity contribution in [1.29, 1.82) is 0 Å². The minimum atomic E-state index is -1.01. The molecule has 1 aliphatic carbocycles. The van der Waals surface area contributed by atoms with Crippen LogP contribution in [0.15, 0.2) is 0 Å². The van der Waals surface area contributed by atoms with Gasteiger partial charge in [-0.3, -0.25) is 24.0 Å².